The molecular formula is C9H12N2O5S. The quantitative estimate of drug-likeness (QED) is 0.516. The largest absolute Gasteiger partial charge is 0.394 e. The van der Waals surface area contributed by atoms with Crippen molar-refractivity contribution in [3.8, 4) is 0 Å². The topological polar surface area (TPSA) is 112 Å². The van der Waals surface area contributed by atoms with Crippen LogP contribution < -0.4 is 5.32 Å². The highest BCUT2D eigenvalue weighted by Crippen LogP contribution is 2.19. The van der Waals surface area contributed by atoms with Gasteiger partial charge in [-0.2, -0.15) is 0 Å². The Hall–Kier alpha value is -1.06. The number of ether oxygens (including phenoxy) is 1. The first-order valence-corrected chi connectivity index (χ1v) is 5.89. The third-order valence-corrected chi connectivity index (χ3v) is 3.07. The van der Waals surface area contributed by atoms with Crippen molar-refractivity contribution in [3.63, 3.8) is 0 Å². The highest BCUT2D eigenvalue weighted by molar-refractivity contribution is 7.07. The van der Waals surface area contributed by atoms with Crippen molar-refractivity contribution < 1.29 is 24.9 Å². The van der Waals surface area contributed by atoms with Crippen LogP contribution in [-0.4, -0.2) is 57.4 Å². The molecule has 0 aromatic carbocycles. The van der Waals surface area contributed by atoms with Crippen molar-refractivity contribution in [3.05, 3.63) is 16.6 Å². The van der Waals surface area contributed by atoms with E-state index in [1.165, 1.54) is 16.8 Å². The molecule has 1 aliphatic heterocycles. The molecule has 1 saturated heterocycles. The summed E-state index contributed by atoms with van der Waals surface area (Å²) in [6, 6.07) is 0. The lowest BCUT2D eigenvalue weighted by molar-refractivity contribution is -0.0304. The van der Waals surface area contributed by atoms with Gasteiger partial charge in [-0.15, -0.1) is 11.3 Å². The maximum atomic E-state index is 11.6. The summed E-state index contributed by atoms with van der Waals surface area (Å²) < 4.78 is 5.10. The molecule has 0 bridgehead atoms. The fourth-order valence-corrected chi connectivity index (χ4v) is 2.08. The zero-order chi connectivity index (χ0) is 12.4. The van der Waals surface area contributed by atoms with E-state index in [-0.39, 0.29) is 5.69 Å². The standard InChI is InChI=1S/C9H12N2O5S/c12-1-5-6(13)7(14)9(16-5)11-8(15)4-2-17-3-10-4/h2-3,5-7,9,12-14H,1H2,(H,11,15)/t5-,6-,7-,9-/m1/s1. The molecule has 2 heterocycles. The number of aromatic nitrogens is 1. The zero-order valence-corrected chi connectivity index (χ0v) is 9.50. The Kier molecular flexibility index (Phi) is 3.69. The van der Waals surface area contributed by atoms with Crippen LogP contribution in [0.15, 0.2) is 10.9 Å². The van der Waals surface area contributed by atoms with Crippen LogP contribution in [0.1, 0.15) is 10.5 Å². The molecule has 1 aromatic heterocycles. The van der Waals surface area contributed by atoms with Crippen LogP contribution in [-0.2, 0) is 4.74 Å². The summed E-state index contributed by atoms with van der Waals surface area (Å²) in [6.45, 7) is -0.429. The number of thiazole rings is 1. The third-order valence-electron chi connectivity index (χ3n) is 2.48. The normalized spacial score (nSPS) is 32.6. The number of carbonyl (C=O) groups excluding carboxylic acids is 1. The second-order valence-electron chi connectivity index (χ2n) is 3.61. The maximum absolute atomic E-state index is 11.6. The molecule has 0 saturated carbocycles. The van der Waals surface area contributed by atoms with Crippen molar-refractivity contribution >= 4 is 17.2 Å². The first kappa shape index (κ1) is 12.4. The van der Waals surface area contributed by atoms with Gasteiger partial charge in [-0.25, -0.2) is 4.98 Å². The summed E-state index contributed by atoms with van der Waals surface area (Å²) in [6.07, 6.45) is -4.43. The van der Waals surface area contributed by atoms with Crippen molar-refractivity contribution in [1.29, 1.82) is 0 Å². The Balaban J connectivity index is 1.98. The lowest BCUT2D eigenvalue weighted by Gasteiger charge is -2.15. The second-order valence-corrected chi connectivity index (χ2v) is 4.32. The predicted octanol–water partition coefficient (Wildman–Crippen LogP) is -1.69. The molecule has 0 spiro atoms. The van der Waals surface area contributed by atoms with E-state index in [0.29, 0.717) is 0 Å². The van der Waals surface area contributed by atoms with Crippen molar-refractivity contribution in [1.82, 2.24) is 10.3 Å². The average molecular weight is 260 g/mol. The molecule has 0 aliphatic carbocycles. The van der Waals surface area contributed by atoms with Crippen LogP contribution in [0.3, 0.4) is 0 Å². The zero-order valence-electron chi connectivity index (χ0n) is 8.68. The van der Waals surface area contributed by atoms with Gasteiger partial charge in [0.15, 0.2) is 6.23 Å². The number of aliphatic hydroxyl groups excluding tert-OH is 3. The maximum Gasteiger partial charge on any atom is 0.272 e. The monoisotopic (exact) mass is 260 g/mol. The minimum atomic E-state index is -1.27. The number of nitrogens with one attached hydrogen (secondary N) is 1. The van der Waals surface area contributed by atoms with Gasteiger partial charge in [0.25, 0.3) is 5.91 Å². The highest BCUT2D eigenvalue weighted by atomic mass is 32.1. The Morgan fingerprint density at radius 3 is 2.82 bits per heavy atom. The van der Waals surface area contributed by atoms with Crippen LogP contribution in [0.4, 0.5) is 0 Å². The number of carbonyl (C=O) groups is 1. The fourth-order valence-electron chi connectivity index (χ4n) is 1.55. The van der Waals surface area contributed by atoms with E-state index in [1.54, 1.807) is 5.38 Å². The van der Waals surface area contributed by atoms with Gasteiger partial charge in [-0.1, -0.05) is 0 Å². The van der Waals surface area contributed by atoms with Crippen LogP contribution in [0.25, 0.3) is 0 Å². The Morgan fingerprint density at radius 1 is 1.53 bits per heavy atom. The number of nitrogens with zero attached hydrogens (tertiary/aromatic N) is 1. The number of rotatable bonds is 3. The van der Waals surface area contributed by atoms with Gasteiger partial charge < -0.3 is 25.4 Å². The van der Waals surface area contributed by atoms with E-state index in [4.69, 9.17) is 9.84 Å². The van der Waals surface area contributed by atoms with Gasteiger partial charge in [0, 0.05) is 5.38 Å². The third kappa shape index (κ3) is 2.45. The number of amides is 1. The van der Waals surface area contributed by atoms with E-state index in [9.17, 15) is 15.0 Å². The SMILES string of the molecule is O=C(N[C@@H]1O[C@H](CO)[C@@H](O)[C@H]1O)c1cscn1. The van der Waals surface area contributed by atoms with Gasteiger partial charge >= 0.3 is 0 Å². The molecule has 0 unspecified atom stereocenters. The first-order valence-electron chi connectivity index (χ1n) is 4.95. The number of aliphatic hydroxyl groups is 3. The molecule has 8 heteroatoms. The van der Waals surface area contributed by atoms with E-state index in [2.05, 4.69) is 10.3 Å². The van der Waals surface area contributed by atoms with Gasteiger partial charge in [0.1, 0.15) is 24.0 Å². The average Bonchev–Trinajstić information content (AvgIpc) is 2.93. The molecule has 1 fully saturated rings. The van der Waals surface area contributed by atoms with Gasteiger partial charge in [-0.3, -0.25) is 4.79 Å². The minimum absolute atomic E-state index is 0.215. The highest BCUT2D eigenvalue weighted by Gasteiger charge is 2.43. The summed E-state index contributed by atoms with van der Waals surface area (Å²) in [7, 11) is 0. The molecule has 1 aliphatic rings. The molecule has 4 N–H and O–H groups in total. The molecule has 94 valence electrons. The van der Waals surface area contributed by atoms with E-state index >= 15 is 0 Å². The van der Waals surface area contributed by atoms with Crippen LogP contribution in [0, 0.1) is 0 Å². The van der Waals surface area contributed by atoms with E-state index < -0.39 is 37.1 Å². The summed E-state index contributed by atoms with van der Waals surface area (Å²) in [5.74, 6) is -0.499. The van der Waals surface area contributed by atoms with Crippen molar-refractivity contribution in [2.75, 3.05) is 6.61 Å². The Bertz CT molecular complexity index is 385. The summed E-state index contributed by atoms with van der Waals surface area (Å²) >= 11 is 1.27. The summed E-state index contributed by atoms with van der Waals surface area (Å²) in [5, 5.41) is 31.9. The lowest BCUT2D eigenvalue weighted by atomic mass is 10.1. The molecule has 1 aromatic rings. The van der Waals surface area contributed by atoms with Gasteiger partial charge in [0.2, 0.25) is 0 Å². The van der Waals surface area contributed by atoms with E-state index in [1.807, 2.05) is 0 Å². The molecule has 1 amide bonds. The van der Waals surface area contributed by atoms with Crippen molar-refractivity contribution in [2.24, 2.45) is 0 Å². The molecular weight excluding hydrogens is 248 g/mol. The van der Waals surface area contributed by atoms with Crippen LogP contribution >= 0.6 is 11.3 Å². The van der Waals surface area contributed by atoms with E-state index in [0.717, 1.165) is 0 Å². The Labute approximate surface area is 101 Å². The summed E-state index contributed by atoms with van der Waals surface area (Å²) in [4.78, 5) is 15.4. The number of hydrogen-bond acceptors (Lipinski definition) is 7. The fraction of sp³-hybridized carbons (Fsp3) is 0.556. The van der Waals surface area contributed by atoms with Gasteiger partial charge in [0.05, 0.1) is 12.1 Å². The molecule has 4 atom stereocenters. The minimum Gasteiger partial charge on any atom is -0.394 e. The summed E-state index contributed by atoms with van der Waals surface area (Å²) in [5.41, 5.74) is 1.72. The smallest absolute Gasteiger partial charge is 0.272 e. The second kappa shape index (κ2) is 5.07. The first-order chi connectivity index (χ1) is 8.13. The van der Waals surface area contributed by atoms with Crippen LogP contribution in [0.5, 0.6) is 0 Å². The lowest BCUT2D eigenvalue weighted by Crippen LogP contribution is -2.43. The molecule has 7 nitrogen and oxygen atoms in total. The van der Waals surface area contributed by atoms with Gasteiger partial charge in [-0.05, 0) is 0 Å². The number of hydrogen-bond donors (Lipinski definition) is 4. The predicted molar refractivity (Wildman–Crippen MR) is 57.3 cm³/mol. The van der Waals surface area contributed by atoms with Crippen LogP contribution in [0.2, 0.25) is 0 Å². The Morgan fingerprint density at radius 2 is 2.29 bits per heavy atom. The molecule has 2 rings (SSSR count). The molecule has 0 radical (unpaired) electrons. The molecule has 17 heavy (non-hydrogen) atoms. The van der Waals surface area contributed by atoms with Crippen molar-refractivity contribution in [2.45, 2.75) is 24.5 Å².